The van der Waals surface area contributed by atoms with E-state index in [0.29, 0.717) is 19.5 Å². The van der Waals surface area contributed by atoms with Crippen molar-refractivity contribution >= 4 is 17.2 Å². The molecule has 0 saturated heterocycles. The largest absolute Gasteiger partial charge is 0.354 e. The van der Waals surface area contributed by atoms with Gasteiger partial charge >= 0.3 is 0 Å². The van der Waals surface area contributed by atoms with Gasteiger partial charge in [0.2, 0.25) is 5.91 Å². The standard InChI is InChI=1S/C25H23N3O2S/c29-24(18-21(19-8-3-1-4-9-19)20-10-5-2-6-11-20)26-15-16-28-25(30)14-13-22(27-28)23-12-7-17-31-23/h1-14,17,21H,15-16,18H2,(H,26,29). The molecule has 0 aliphatic carbocycles. The molecule has 0 spiro atoms. The number of hydrogen-bond acceptors (Lipinski definition) is 4. The van der Waals surface area contributed by atoms with Gasteiger partial charge < -0.3 is 5.32 Å². The van der Waals surface area contributed by atoms with E-state index >= 15 is 0 Å². The van der Waals surface area contributed by atoms with Crippen LogP contribution < -0.4 is 10.9 Å². The first-order chi connectivity index (χ1) is 15.2. The lowest BCUT2D eigenvalue weighted by molar-refractivity contribution is -0.121. The molecular formula is C25H23N3O2S. The lowest BCUT2D eigenvalue weighted by Crippen LogP contribution is -2.32. The molecule has 1 N–H and O–H groups in total. The summed E-state index contributed by atoms with van der Waals surface area (Å²) < 4.78 is 1.40. The molecule has 4 aromatic rings. The molecule has 4 rings (SSSR count). The summed E-state index contributed by atoms with van der Waals surface area (Å²) in [7, 11) is 0. The minimum absolute atomic E-state index is 0.0228. The molecule has 0 atom stereocenters. The normalized spacial score (nSPS) is 10.9. The minimum atomic E-state index is -0.180. The molecule has 1 amide bonds. The monoisotopic (exact) mass is 429 g/mol. The second kappa shape index (κ2) is 10.00. The van der Waals surface area contributed by atoms with Crippen molar-refractivity contribution < 1.29 is 4.79 Å². The molecule has 0 aliphatic rings. The Morgan fingerprint density at radius 1 is 0.903 bits per heavy atom. The maximum atomic E-state index is 12.7. The van der Waals surface area contributed by atoms with E-state index in [1.165, 1.54) is 10.7 Å². The molecule has 0 aliphatic heterocycles. The maximum absolute atomic E-state index is 12.7. The molecule has 0 fully saturated rings. The highest BCUT2D eigenvalue weighted by Crippen LogP contribution is 2.27. The number of amides is 1. The van der Waals surface area contributed by atoms with Gasteiger partial charge in [0, 0.05) is 24.9 Å². The van der Waals surface area contributed by atoms with Gasteiger partial charge in [0.25, 0.3) is 5.56 Å². The van der Waals surface area contributed by atoms with Gasteiger partial charge in [-0.05, 0) is 28.6 Å². The van der Waals surface area contributed by atoms with Gasteiger partial charge in [0.05, 0.1) is 11.4 Å². The van der Waals surface area contributed by atoms with Gasteiger partial charge in [-0.3, -0.25) is 9.59 Å². The summed E-state index contributed by atoms with van der Waals surface area (Å²) in [5.41, 5.74) is 2.78. The zero-order valence-electron chi connectivity index (χ0n) is 17.0. The number of carbonyl (C=O) groups is 1. The summed E-state index contributed by atoms with van der Waals surface area (Å²) in [5.74, 6) is -0.0782. The Labute approximate surface area is 185 Å². The summed E-state index contributed by atoms with van der Waals surface area (Å²) in [6.45, 7) is 0.668. The third kappa shape index (κ3) is 5.35. The fraction of sp³-hybridized carbons (Fsp3) is 0.160. The van der Waals surface area contributed by atoms with Crippen LogP contribution in [0.25, 0.3) is 10.6 Å². The van der Waals surface area contributed by atoms with Gasteiger partial charge in [0.15, 0.2) is 0 Å². The summed E-state index contributed by atoms with van der Waals surface area (Å²) in [6, 6.07) is 27.3. The molecule has 2 aromatic heterocycles. The van der Waals surface area contributed by atoms with Crippen molar-refractivity contribution in [3.05, 3.63) is 112 Å². The summed E-state index contributed by atoms with van der Waals surface area (Å²) in [5, 5.41) is 9.35. The Morgan fingerprint density at radius 3 is 2.19 bits per heavy atom. The third-order valence-corrected chi connectivity index (χ3v) is 5.97. The van der Waals surface area contributed by atoms with Crippen molar-refractivity contribution in [2.45, 2.75) is 18.9 Å². The number of rotatable bonds is 8. The van der Waals surface area contributed by atoms with Crippen LogP contribution in [0.4, 0.5) is 0 Å². The number of aromatic nitrogens is 2. The van der Waals surface area contributed by atoms with Crippen molar-refractivity contribution in [1.29, 1.82) is 0 Å². The number of thiophene rings is 1. The van der Waals surface area contributed by atoms with Crippen molar-refractivity contribution in [3.8, 4) is 10.6 Å². The van der Waals surface area contributed by atoms with Crippen LogP contribution in [0.5, 0.6) is 0 Å². The van der Waals surface area contributed by atoms with Crippen LogP contribution >= 0.6 is 11.3 Å². The van der Waals surface area contributed by atoms with Crippen LogP contribution in [0.1, 0.15) is 23.5 Å². The van der Waals surface area contributed by atoms with Crippen LogP contribution in [0.3, 0.4) is 0 Å². The van der Waals surface area contributed by atoms with E-state index < -0.39 is 0 Å². The predicted octanol–water partition coefficient (Wildman–Crippen LogP) is 4.31. The zero-order chi connectivity index (χ0) is 21.5. The van der Waals surface area contributed by atoms with Crippen LogP contribution in [-0.4, -0.2) is 22.2 Å². The van der Waals surface area contributed by atoms with Crippen LogP contribution in [-0.2, 0) is 11.3 Å². The summed E-state index contributed by atoms with van der Waals surface area (Å²) in [6.07, 6.45) is 0.339. The van der Waals surface area contributed by atoms with Crippen molar-refractivity contribution in [1.82, 2.24) is 15.1 Å². The first kappa shape index (κ1) is 20.8. The Balaban J connectivity index is 1.40. The second-order valence-electron chi connectivity index (χ2n) is 7.19. The highest BCUT2D eigenvalue weighted by molar-refractivity contribution is 7.13. The zero-order valence-corrected chi connectivity index (χ0v) is 17.8. The molecule has 0 radical (unpaired) electrons. The predicted molar refractivity (Wildman–Crippen MR) is 124 cm³/mol. The van der Waals surface area contributed by atoms with Crippen LogP contribution in [0.15, 0.2) is 95.1 Å². The van der Waals surface area contributed by atoms with E-state index in [1.54, 1.807) is 17.4 Å². The second-order valence-corrected chi connectivity index (χ2v) is 8.13. The van der Waals surface area contributed by atoms with Crippen molar-refractivity contribution in [3.63, 3.8) is 0 Å². The molecule has 0 unspecified atom stereocenters. The number of nitrogens with one attached hydrogen (secondary N) is 1. The van der Waals surface area contributed by atoms with Gasteiger partial charge in [-0.25, -0.2) is 4.68 Å². The fourth-order valence-electron chi connectivity index (χ4n) is 3.52. The lowest BCUT2D eigenvalue weighted by atomic mass is 9.88. The van der Waals surface area contributed by atoms with E-state index in [1.807, 2.05) is 78.2 Å². The van der Waals surface area contributed by atoms with E-state index in [0.717, 1.165) is 21.7 Å². The molecular weight excluding hydrogens is 406 g/mol. The van der Waals surface area contributed by atoms with E-state index in [9.17, 15) is 9.59 Å². The fourth-order valence-corrected chi connectivity index (χ4v) is 4.21. The number of carbonyl (C=O) groups excluding carboxylic acids is 1. The Bertz CT molecular complexity index is 1130. The number of benzene rings is 2. The summed E-state index contributed by atoms with van der Waals surface area (Å²) >= 11 is 1.57. The van der Waals surface area contributed by atoms with Crippen LogP contribution in [0, 0.1) is 0 Å². The Hall–Kier alpha value is -3.51. The molecule has 6 heteroatoms. The first-order valence-corrected chi connectivity index (χ1v) is 11.1. The van der Waals surface area contributed by atoms with Gasteiger partial charge in [-0.15, -0.1) is 11.3 Å². The highest BCUT2D eigenvalue weighted by Gasteiger charge is 2.18. The average molecular weight is 430 g/mol. The van der Waals surface area contributed by atoms with Crippen molar-refractivity contribution in [2.24, 2.45) is 0 Å². The summed E-state index contributed by atoms with van der Waals surface area (Å²) in [4.78, 5) is 25.9. The smallest absolute Gasteiger partial charge is 0.266 e. The van der Waals surface area contributed by atoms with E-state index in [4.69, 9.17) is 0 Å². The highest BCUT2D eigenvalue weighted by atomic mass is 32.1. The molecule has 2 aromatic carbocycles. The number of hydrogen-bond donors (Lipinski definition) is 1. The SMILES string of the molecule is O=C(CC(c1ccccc1)c1ccccc1)NCCn1nc(-c2cccs2)ccc1=O. The minimum Gasteiger partial charge on any atom is -0.354 e. The molecule has 0 saturated carbocycles. The lowest BCUT2D eigenvalue weighted by Gasteiger charge is -2.18. The van der Waals surface area contributed by atoms with E-state index in [-0.39, 0.29) is 17.4 Å². The van der Waals surface area contributed by atoms with E-state index in [2.05, 4.69) is 10.4 Å². The third-order valence-electron chi connectivity index (χ3n) is 5.08. The Kier molecular flexibility index (Phi) is 6.69. The van der Waals surface area contributed by atoms with Gasteiger partial charge in [0.1, 0.15) is 5.69 Å². The maximum Gasteiger partial charge on any atom is 0.266 e. The topological polar surface area (TPSA) is 64.0 Å². The van der Waals surface area contributed by atoms with Gasteiger partial charge in [-0.2, -0.15) is 5.10 Å². The average Bonchev–Trinajstić information content (AvgIpc) is 3.35. The first-order valence-electron chi connectivity index (χ1n) is 10.2. The molecule has 2 heterocycles. The van der Waals surface area contributed by atoms with Crippen molar-refractivity contribution in [2.75, 3.05) is 6.54 Å². The molecule has 0 bridgehead atoms. The number of nitrogens with zero attached hydrogens (tertiary/aromatic N) is 2. The quantitative estimate of drug-likeness (QED) is 0.454. The Morgan fingerprint density at radius 2 is 1.58 bits per heavy atom. The molecule has 156 valence electrons. The molecule has 5 nitrogen and oxygen atoms in total. The van der Waals surface area contributed by atoms with Crippen LogP contribution in [0.2, 0.25) is 0 Å². The van der Waals surface area contributed by atoms with Gasteiger partial charge in [-0.1, -0.05) is 66.7 Å². The molecule has 31 heavy (non-hydrogen) atoms.